The molecular weight excluding hydrogens is 409 g/mol. The molecule has 2 heterocycles. The Hall–Kier alpha value is -2.20. The van der Waals surface area contributed by atoms with Crippen LogP contribution < -0.4 is 10.1 Å². The van der Waals surface area contributed by atoms with Crippen LogP contribution in [0.2, 0.25) is 5.15 Å². The van der Waals surface area contributed by atoms with E-state index in [0.29, 0.717) is 42.7 Å². The first-order chi connectivity index (χ1) is 13.2. The van der Waals surface area contributed by atoms with Gasteiger partial charge in [-0.1, -0.05) is 11.6 Å². The third kappa shape index (κ3) is 3.97. The number of anilines is 1. The largest absolute Gasteiger partial charge is 0.431 e. The SMILES string of the molecule is OC[C@]1(Nc2ncc(C(F)(F)F)cc2OC(F)F)CCCc2c1ccnc2Cl. The molecule has 0 radical (unpaired) electrons. The quantitative estimate of drug-likeness (QED) is 0.551. The Morgan fingerprint density at radius 3 is 2.71 bits per heavy atom. The normalized spacial score (nSPS) is 19.4. The molecule has 11 heteroatoms. The number of aliphatic hydroxyl groups is 1. The molecule has 0 unspecified atom stereocenters. The summed E-state index contributed by atoms with van der Waals surface area (Å²) in [5.74, 6) is -1.12. The second kappa shape index (κ2) is 7.67. The number of fused-ring (bicyclic) bond motifs is 1. The average Bonchev–Trinajstić information content (AvgIpc) is 2.62. The molecule has 1 atom stereocenters. The Balaban J connectivity index is 2.06. The van der Waals surface area contributed by atoms with Crippen molar-refractivity contribution in [2.75, 3.05) is 11.9 Å². The van der Waals surface area contributed by atoms with E-state index in [-0.39, 0.29) is 11.0 Å². The van der Waals surface area contributed by atoms with Gasteiger partial charge in [0.15, 0.2) is 11.6 Å². The average molecular weight is 424 g/mol. The highest BCUT2D eigenvalue weighted by molar-refractivity contribution is 6.30. The molecule has 0 aromatic carbocycles. The summed E-state index contributed by atoms with van der Waals surface area (Å²) < 4.78 is 68.5. The smallest absolute Gasteiger partial charge is 0.418 e. The zero-order valence-corrected chi connectivity index (χ0v) is 15.0. The van der Waals surface area contributed by atoms with Crippen LogP contribution in [-0.4, -0.2) is 28.3 Å². The van der Waals surface area contributed by atoms with Crippen molar-refractivity contribution in [1.29, 1.82) is 0 Å². The van der Waals surface area contributed by atoms with Crippen molar-refractivity contribution in [1.82, 2.24) is 9.97 Å². The molecule has 0 saturated heterocycles. The number of aliphatic hydroxyl groups excluding tert-OH is 1. The minimum atomic E-state index is -4.78. The monoisotopic (exact) mass is 423 g/mol. The Morgan fingerprint density at radius 1 is 1.32 bits per heavy atom. The number of nitrogens with one attached hydrogen (secondary N) is 1. The molecule has 1 aliphatic carbocycles. The molecule has 2 aromatic heterocycles. The molecule has 0 saturated carbocycles. The fourth-order valence-electron chi connectivity index (χ4n) is 3.29. The van der Waals surface area contributed by atoms with Gasteiger partial charge in [0.25, 0.3) is 0 Å². The van der Waals surface area contributed by atoms with Crippen LogP contribution in [0.15, 0.2) is 24.5 Å². The van der Waals surface area contributed by atoms with Gasteiger partial charge in [-0.3, -0.25) is 0 Å². The van der Waals surface area contributed by atoms with Crippen molar-refractivity contribution < 1.29 is 31.8 Å². The second-order valence-corrected chi connectivity index (χ2v) is 6.65. The molecule has 1 aliphatic rings. The number of hydrogen-bond donors (Lipinski definition) is 2. The van der Waals surface area contributed by atoms with Crippen LogP contribution in [0.25, 0.3) is 0 Å². The Kier molecular flexibility index (Phi) is 5.62. The Bertz CT molecular complexity index is 865. The van der Waals surface area contributed by atoms with Gasteiger partial charge in [0, 0.05) is 12.4 Å². The van der Waals surface area contributed by atoms with E-state index in [4.69, 9.17) is 11.6 Å². The summed E-state index contributed by atoms with van der Waals surface area (Å²) in [6.45, 7) is -3.83. The number of alkyl halides is 5. The first-order valence-electron chi connectivity index (χ1n) is 8.21. The highest BCUT2D eigenvalue weighted by Gasteiger charge is 2.39. The van der Waals surface area contributed by atoms with Gasteiger partial charge >= 0.3 is 12.8 Å². The molecule has 0 aliphatic heterocycles. The summed E-state index contributed by atoms with van der Waals surface area (Å²) in [7, 11) is 0. The highest BCUT2D eigenvalue weighted by Crippen LogP contribution is 2.42. The minimum absolute atomic E-state index is 0.237. The predicted octanol–water partition coefficient (Wildman–Crippen LogP) is 4.39. The van der Waals surface area contributed by atoms with Crippen LogP contribution in [0.5, 0.6) is 5.75 Å². The van der Waals surface area contributed by atoms with Crippen molar-refractivity contribution >= 4 is 17.4 Å². The van der Waals surface area contributed by atoms with E-state index in [0.717, 1.165) is 0 Å². The van der Waals surface area contributed by atoms with Gasteiger partial charge < -0.3 is 15.2 Å². The first kappa shape index (κ1) is 20.5. The van der Waals surface area contributed by atoms with E-state index < -0.39 is 36.2 Å². The molecule has 5 nitrogen and oxygen atoms in total. The van der Waals surface area contributed by atoms with Crippen LogP contribution >= 0.6 is 11.6 Å². The number of hydrogen-bond acceptors (Lipinski definition) is 5. The molecule has 2 N–H and O–H groups in total. The maximum Gasteiger partial charge on any atom is 0.418 e. The third-order valence-electron chi connectivity index (χ3n) is 4.57. The molecule has 152 valence electrons. The first-order valence-corrected chi connectivity index (χ1v) is 8.59. The van der Waals surface area contributed by atoms with E-state index in [1.807, 2.05) is 0 Å². The lowest BCUT2D eigenvalue weighted by Crippen LogP contribution is -2.43. The molecule has 2 aromatic rings. The third-order valence-corrected chi connectivity index (χ3v) is 4.90. The molecule has 0 spiro atoms. The van der Waals surface area contributed by atoms with E-state index in [1.54, 1.807) is 6.07 Å². The predicted molar refractivity (Wildman–Crippen MR) is 90.4 cm³/mol. The maximum absolute atomic E-state index is 12.9. The lowest BCUT2D eigenvalue weighted by molar-refractivity contribution is -0.138. The lowest BCUT2D eigenvalue weighted by Gasteiger charge is -2.39. The topological polar surface area (TPSA) is 67.3 Å². The van der Waals surface area contributed by atoms with Crippen molar-refractivity contribution in [3.63, 3.8) is 0 Å². The van der Waals surface area contributed by atoms with E-state index in [2.05, 4.69) is 20.0 Å². The molecular formula is C17H15ClF5N3O2. The van der Waals surface area contributed by atoms with Gasteiger partial charge in [0.05, 0.1) is 17.7 Å². The minimum Gasteiger partial charge on any atom is -0.431 e. The molecule has 0 bridgehead atoms. The van der Waals surface area contributed by atoms with E-state index in [1.165, 1.54) is 6.20 Å². The van der Waals surface area contributed by atoms with Crippen LogP contribution in [0, 0.1) is 0 Å². The number of halogens is 6. The summed E-state index contributed by atoms with van der Waals surface area (Å²) in [5.41, 5.74) is -1.18. The van der Waals surface area contributed by atoms with Gasteiger partial charge in [-0.25, -0.2) is 9.97 Å². The Morgan fingerprint density at radius 2 is 2.07 bits per heavy atom. The summed E-state index contributed by atoms with van der Waals surface area (Å²) in [4.78, 5) is 7.62. The van der Waals surface area contributed by atoms with Crippen LogP contribution in [-0.2, 0) is 18.1 Å². The Labute approximate surface area is 161 Å². The lowest BCUT2D eigenvalue weighted by atomic mass is 9.77. The van der Waals surface area contributed by atoms with Gasteiger partial charge in [0.2, 0.25) is 0 Å². The summed E-state index contributed by atoms with van der Waals surface area (Å²) in [5, 5.41) is 13.1. The van der Waals surface area contributed by atoms with Crippen LogP contribution in [0.4, 0.5) is 27.8 Å². The molecule has 3 rings (SSSR count). The number of pyridine rings is 2. The van der Waals surface area contributed by atoms with Crippen molar-refractivity contribution in [3.8, 4) is 5.75 Å². The second-order valence-electron chi connectivity index (χ2n) is 6.29. The van der Waals surface area contributed by atoms with E-state index >= 15 is 0 Å². The standard InChI is InChI=1S/C17H15ClF5N3O2/c18-13-10-2-1-4-16(8-27,11(10)3-5-24-13)26-14-12(28-15(19)20)6-9(7-25-14)17(21,22)23/h3,5-7,15,27H,1-2,4,8H2,(H,25,26)/t16-/m1/s1. The zero-order valence-electron chi connectivity index (χ0n) is 14.2. The van der Waals surface area contributed by atoms with Crippen molar-refractivity contribution in [2.45, 2.75) is 37.6 Å². The van der Waals surface area contributed by atoms with Gasteiger partial charge in [-0.05, 0) is 42.5 Å². The van der Waals surface area contributed by atoms with Gasteiger partial charge in [0.1, 0.15) is 5.15 Å². The van der Waals surface area contributed by atoms with Crippen molar-refractivity contribution in [2.24, 2.45) is 0 Å². The summed E-state index contributed by atoms with van der Waals surface area (Å²) >= 11 is 6.12. The maximum atomic E-state index is 12.9. The molecule has 0 fully saturated rings. The summed E-state index contributed by atoms with van der Waals surface area (Å²) in [6, 6.07) is 2.05. The fraction of sp³-hybridized carbons (Fsp3) is 0.412. The van der Waals surface area contributed by atoms with Gasteiger partial charge in [-0.15, -0.1) is 0 Å². The van der Waals surface area contributed by atoms with Crippen molar-refractivity contribution in [3.05, 3.63) is 46.4 Å². The number of aromatic nitrogens is 2. The zero-order chi connectivity index (χ0) is 20.5. The van der Waals surface area contributed by atoms with Crippen LogP contribution in [0.3, 0.4) is 0 Å². The number of nitrogens with zero attached hydrogens (tertiary/aromatic N) is 2. The highest BCUT2D eigenvalue weighted by atomic mass is 35.5. The fourth-order valence-corrected chi connectivity index (χ4v) is 3.55. The van der Waals surface area contributed by atoms with E-state index in [9.17, 15) is 27.1 Å². The number of ether oxygens (including phenoxy) is 1. The molecule has 0 amide bonds. The van der Waals surface area contributed by atoms with Gasteiger partial charge in [-0.2, -0.15) is 22.0 Å². The van der Waals surface area contributed by atoms with Crippen LogP contribution in [0.1, 0.15) is 29.5 Å². The molecule has 28 heavy (non-hydrogen) atoms. The summed E-state index contributed by atoms with van der Waals surface area (Å²) in [6.07, 6.45) is -1.31. The number of rotatable bonds is 5.